The molecule has 0 amide bonds. The molecule has 0 fully saturated rings. The van der Waals surface area contributed by atoms with Gasteiger partial charge in [-0.1, -0.05) is 107 Å². The van der Waals surface area contributed by atoms with Crippen molar-refractivity contribution in [3.05, 3.63) is 322 Å². The average Bonchev–Trinajstić information content (AvgIpc) is 1.52. The van der Waals surface area contributed by atoms with E-state index in [1.807, 2.05) is 249 Å². The SMILES string of the molecule is Cc1cc(C)[n+](C)c(-c2c(C)ccc3c2oc2cc(C)cc(C#N)c23)c1.[2H]C(C)(C)c1cc(C)[n+](C)c(-c2c(C)ccc3c2oc2c(C)ccc(C#N)c23)c1.[2H]c1c(C([2H])(C)C)c([2H])c(-c2c(C)ccc3c2oc2c(C)ccc(C#N)c23)[n+](C)c1C.[2H]c1c(C)c([2H])c(-c2c(C)ccc3c2oc2c(C)ccc(C#N)c23)[n+](C)c1C.[2H]c1c(C)c([2H])c(-c2c(C)ccc3c2oc2cc(C)cc(C#N)c23)[n+](C)c1C. The number of nitrogens with zero attached hydrogens (tertiary/aromatic N) is 10. The lowest BCUT2D eigenvalue weighted by atomic mass is 9.95. The van der Waals surface area contributed by atoms with Crippen LogP contribution in [0.2, 0.25) is 0 Å². The summed E-state index contributed by atoms with van der Waals surface area (Å²) in [4.78, 5) is 0. The van der Waals surface area contributed by atoms with Gasteiger partial charge in [-0.3, -0.25) is 0 Å². The highest BCUT2D eigenvalue weighted by Gasteiger charge is 2.32. The molecule has 664 valence electrons. The van der Waals surface area contributed by atoms with E-state index in [1.54, 1.807) is 13.8 Å². The molecule has 0 aliphatic rings. The van der Waals surface area contributed by atoms with E-state index >= 15 is 0 Å². The van der Waals surface area contributed by atoms with Gasteiger partial charge in [-0.05, 0) is 228 Å². The molecule has 0 N–H and O–H groups in total. The number of rotatable bonds is 7. The Bertz CT molecular complexity index is 9070. The second-order valence-corrected chi connectivity index (χ2v) is 36.3. The average molecular weight is 1770 g/mol. The van der Waals surface area contributed by atoms with Crippen molar-refractivity contribution in [1.82, 2.24) is 0 Å². The largest absolute Gasteiger partial charge is 0.455 e. The maximum Gasteiger partial charge on any atom is 0.216 e. The van der Waals surface area contributed by atoms with Crippen LogP contribution in [0.1, 0.15) is 190 Å². The molecule has 10 aromatic heterocycles. The maximum atomic E-state index is 9.66. The van der Waals surface area contributed by atoms with Crippen molar-refractivity contribution in [1.29, 1.82) is 26.3 Å². The predicted molar refractivity (Wildman–Crippen MR) is 539 cm³/mol. The fourth-order valence-electron chi connectivity index (χ4n) is 18.7. The van der Waals surface area contributed by atoms with E-state index in [1.165, 1.54) is 11.3 Å². The highest BCUT2D eigenvalue weighted by atomic mass is 16.3. The molecule has 0 unspecified atom stereocenters. The van der Waals surface area contributed by atoms with E-state index in [9.17, 15) is 26.3 Å². The van der Waals surface area contributed by atoms with Crippen LogP contribution in [-0.4, -0.2) is 0 Å². The third-order valence-electron chi connectivity index (χ3n) is 26.3. The minimum Gasteiger partial charge on any atom is -0.455 e. The van der Waals surface area contributed by atoms with Gasteiger partial charge in [0, 0.05) is 152 Å². The number of hydrogen-bond donors (Lipinski definition) is 0. The summed E-state index contributed by atoms with van der Waals surface area (Å²) in [7, 11) is 9.72. The first-order chi connectivity index (χ1) is 67.0. The molecule has 0 saturated heterocycles. The molecule has 0 aliphatic heterocycles. The summed E-state index contributed by atoms with van der Waals surface area (Å²) in [5, 5.41) is 56.8. The van der Waals surface area contributed by atoms with Gasteiger partial charge in [-0.2, -0.15) is 49.1 Å². The Labute approximate surface area is 795 Å². The zero-order chi connectivity index (χ0) is 103. The molecule has 0 saturated carbocycles. The molecule has 0 atom stereocenters. The Hall–Kier alpha value is -15.6. The van der Waals surface area contributed by atoms with E-state index in [0.717, 1.165) is 205 Å². The van der Waals surface area contributed by atoms with Crippen molar-refractivity contribution in [3.63, 3.8) is 0 Å². The molecule has 10 heterocycles. The van der Waals surface area contributed by atoms with Crippen LogP contribution in [0.5, 0.6) is 0 Å². The first kappa shape index (κ1) is 81.6. The molecule has 20 aromatic rings. The minimum absolute atomic E-state index is 0.159. The first-order valence-electron chi connectivity index (χ1n) is 48.8. The lowest BCUT2D eigenvalue weighted by Crippen LogP contribution is -2.35. The highest BCUT2D eigenvalue weighted by Crippen LogP contribution is 2.47. The van der Waals surface area contributed by atoms with Gasteiger partial charge in [-0.25, -0.2) is 0 Å². The molecule has 0 aliphatic carbocycles. The fourth-order valence-corrected chi connectivity index (χ4v) is 18.7. The first-order valence-corrected chi connectivity index (χ1v) is 44.8. The van der Waals surface area contributed by atoms with Gasteiger partial charge in [0.05, 0.1) is 94.2 Å². The lowest BCUT2D eigenvalue weighted by molar-refractivity contribution is -0.666. The van der Waals surface area contributed by atoms with Gasteiger partial charge < -0.3 is 22.1 Å². The third-order valence-corrected chi connectivity index (χ3v) is 26.3. The third kappa shape index (κ3) is 16.1. The molecule has 134 heavy (non-hydrogen) atoms. The second-order valence-electron chi connectivity index (χ2n) is 36.3. The monoisotopic (exact) mass is 1770 g/mol. The zero-order valence-electron chi connectivity index (χ0n) is 89.4. The molecule has 10 aromatic carbocycles. The maximum absolute atomic E-state index is 9.66. The predicted octanol–water partition coefficient (Wildman–Crippen LogP) is 27.5. The number of fused-ring (bicyclic) bond motifs is 15. The Morgan fingerprint density at radius 1 is 0.246 bits per heavy atom. The van der Waals surface area contributed by atoms with E-state index in [0.29, 0.717) is 114 Å². The summed E-state index contributed by atoms with van der Waals surface area (Å²) in [6, 6.07) is 61.0. The number of aromatic nitrogens is 5. The Kier molecular flexibility index (Phi) is 21.9. The van der Waals surface area contributed by atoms with Crippen molar-refractivity contribution in [2.45, 2.75) is 164 Å². The summed E-state index contributed by atoms with van der Waals surface area (Å²) in [5.74, 6) is -1.80. The molecule has 15 nitrogen and oxygen atoms in total. The van der Waals surface area contributed by atoms with Crippen molar-refractivity contribution in [2.75, 3.05) is 0 Å². The quantitative estimate of drug-likeness (QED) is 0.138. The topological polar surface area (TPSA) is 204 Å². The summed E-state index contributed by atoms with van der Waals surface area (Å²) >= 11 is 0. The number of nitriles is 5. The number of furan rings is 5. The Balaban J connectivity index is 0.000000128. The summed E-state index contributed by atoms with van der Waals surface area (Å²) in [6.07, 6.45) is 0. The van der Waals surface area contributed by atoms with Crippen LogP contribution in [0.25, 0.3) is 166 Å². The van der Waals surface area contributed by atoms with Crippen LogP contribution in [0, 0.1) is 181 Å². The van der Waals surface area contributed by atoms with Crippen LogP contribution >= 0.6 is 0 Å². The van der Waals surface area contributed by atoms with E-state index in [4.69, 9.17) is 33.1 Å². The zero-order valence-corrected chi connectivity index (χ0v) is 81.4. The number of aryl methyl sites for hydroxylation is 13. The van der Waals surface area contributed by atoms with E-state index in [2.05, 4.69) is 124 Å². The number of benzene rings is 10. The van der Waals surface area contributed by atoms with Crippen LogP contribution in [0.4, 0.5) is 0 Å². The molecular weight excluding hydrogens is 1650 g/mol. The molecule has 20 rings (SSSR count). The van der Waals surface area contributed by atoms with E-state index in [-0.39, 0.29) is 12.1 Å². The van der Waals surface area contributed by atoms with Crippen LogP contribution < -0.4 is 22.8 Å². The van der Waals surface area contributed by atoms with Gasteiger partial charge >= 0.3 is 0 Å². The number of pyridine rings is 5. The highest BCUT2D eigenvalue weighted by molar-refractivity contribution is 6.17. The molecular formula is C119H113N10O5+5. The fraction of sp³-hybridized carbons (Fsp3) is 0.244. The van der Waals surface area contributed by atoms with Crippen molar-refractivity contribution >= 4 is 110 Å². The molecule has 0 radical (unpaired) electrons. The molecule has 15 heteroatoms. The van der Waals surface area contributed by atoms with Crippen LogP contribution in [0.3, 0.4) is 0 Å². The van der Waals surface area contributed by atoms with Gasteiger partial charge in [0.2, 0.25) is 28.5 Å². The van der Waals surface area contributed by atoms with Crippen LogP contribution in [0.15, 0.2) is 204 Å². The van der Waals surface area contributed by atoms with E-state index < -0.39 is 11.8 Å². The Morgan fingerprint density at radius 2 is 0.522 bits per heavy atom. The lowest BCUT2D eigenvalue weighted by Gasteiger charge is -2.11. The van der Waals surface area contributed by atoms with Gasteiger partial charge in [0.15, 0.2) is 28.5 Å². The summed E-state index contributed by atoms with van der Waals surface area (Å²) < 4.78 is 110. The normalized spacial score (nSPS) is 12.3. The number of hydrogen-bond acceptors (Lipinski definition) is 10. The van der Waals surface area contributed by atoms with Gasteiger partial charge in [0.25, 0.3) is 0 Å². The minimum atomic E-state index is -1.10. The van der Waals surface area contributed by atoms with Crippen molar-refractivity contribution < 1.29 is 55.9 Å². The van der Waals surface area contributed by atoms with Crippen LogP contribution in [-0.2, 0) is 35.2 Å². The van der Waals surface area contributed by atoms with Gasteiger partial charge in [0.1, 0.15) is 91.1 Å². The summed E-state index contributed by atoms with van der Waals surface area (Å²) in [6.45, 7) is 42.8. The van der Waals surface area contributed by atoms with Crippen molar-refractivity contribution in [3.8, 4) is 86.6 Å². The summed E-state index contributed by atoms with van der Waals surface area (Å²) in [5.41, 5.74) is 37.5. The van der Waals surface area contributed by atoms with Gasteiger partial charge in [-0.15, -0.1) is 0 Å². The second kappa shape index (κ2) is 35.9. The standard InChI is InChI=1S/2C25H25N2O.3C23H21N2O/c2*1-14(2)19-11-17(5)27(6)21(12-19)22-15(3)8-10-20-23-18(13-26)9-7-16(4)24(23)28-25(20)22;1-13-10-16(4)25(5)19(11-13)20-14(2)7-9-18-21-17(12-24)8-6-15(3)22(21)26-23(18)20;2*1-13-8-16(4)25(5)19(10-13)21-15(3)6-7-18-22-17(12-24)9-14(2)11-20(22)26-23(18)21/h2*7-12,14H,1-6H3;3*6-11H,1-5H3/q5*+1/i11D,12D,14D;14D;10D,11D;8D,10D;. The van der Waals surface area contributed by atoms with Crippen molar-refractivity contribution in [2.24, 2.45) is 35.2 Å². The smallest absolute Gasteiger partial charge is 0.216 e. The molecule has 0 spiro atoms. The Morgan fingerprint density at radius 3 is 0.858 bits per heavy atom. The molecule has 0 bridgehead atoms.